The fraction of sp³-hybridized carbons (Fsp3) is 0.259. The lowest BCUT2D eigenvalue weighted by atomic mass is 10.1. The number of aryl methyl sites for hydroxylation is 2. The van der Waals surface area contributed by atoms with Crippen LogP contribution in [-0.4, -0.2) is 23.6 Å². The smallest absolute Gasteiger partial charge is 0.261 e. The Bertz CT molecular complexity index is 1120. The van der Waals surface area contributed by atoms with Crippen LogP contribution in [0.4, 0.5) is 0 Å². The first-order valence-electron chi connectivity index (χ1n) is 10.9. The first-order valence-corrected chi connectivity index (χ1v) is 10.9. The van der Waals surface area contributed by atoms with E-state index in [-0.39, 0.29) is 11.5 Å². The van der Waals surface area contributed by atoms with E-state index in [0.717, 1.165) is 41.2 Å². The number of ether oxygens (including phenoxy) is 1. The Morgan fingerprint density at radius 3 is 2.50 bits per heavy atom. The van der Waals surface area contributed by atoms with Crippen molar-refractivity contribution in [3.63, 3.8) is 0 Å². The predicted molar refractivity (Wildman–Crippen MR) is 128 cm³/mol. The Morgan fingerprint density at radius 2 is 1.84 bits per heavy atom. The molecule has 0 bridgehead atoms. The minimum absolute atomic E-state index is 0.108. The van der Waals surface area contributed by atoms with Crippen LogP contribution in [0.15, 0.2) is 66.2 Å². The number of benzene rings is 2. The molecule has 5 heteroatoms. The van der Waals surface area contributed by atoms with Gasteiger partial charge in [0, 0.05) is 23.6 Å². The molecule has 0 saturated carbocycles. The first-order chi connectivity index (χ1) is 15.5. The molecule has 1 heterocycles. The molecule has 0 aliphatic rings. The standard InChI is InChI=1S/C27H29N3O2/c1-4-32-26-14-12-25(13-15-26)30-20(2)17-23(21(30)3)18-24(19-28)27(31)29-16-8-11-22-9-6-5-7-10-22/h5-7,9-10,12-15,17-18H,4,8,11,16H2,1-3H3,(H,29,31)/b24-18-. The van der Waals surface area contributed by atoms with E-state index in [4.69, 9.17) is 4.74 Å². The Kier molecular flexibility index (Phi) is 7.88. The van der Waals surface area contributed by atoms with Crippen LogP contribution in [0.25, 0.3) is 11.8 Å². The number of carbonyl (C=O) groups is 1. The lowest BCUT2D eigenvalue weighted by Gasteiger charge is -2.11. The summed E-state index contributed by atoms with van der Waals surface area (Å²) < 4.78 is 7.63. The third kappa shape index (κ3) is 5.67. The molecule has 1 N–H and O–H groups in total. The fourth-order valence-corrected chi connectivity index (χ4v) is 3.73. The molecule has 3 rings (SSSR count). The van der Waals surface area contributed by atoms with Crippen molar-refractivity contribution in [2.75, 3.05) is 13.2 Å². The summed E-state index contributed by atoms with van der Waals surface area (Å²) in [5, 5.41) is 12.4. The summed E-state index contributed by atoms with van der Waals surface area (Å²) in [6.45, 7) is 7.11. The molecule has 164 valence electrons. The number of nitrogens with one attached hydrogen (secondary N) is 1. The zero-order chi connectivity index (χ0) is 22.9. The number of nitrogens with zero attached hydrogens (tertiary/aromatic N) is 2. The van der Waals surface area contributed by atoms with Gasteiger partial charge in [-0.3, -0.25) is 4.79 Å². The highest BCUT2D eigenvalue weighted by molar-refractivity contribution is 6.01. The van der Waals surface area contributed by atoms with E-state index in [1.807, 2.05) is 75.4 Å². The number of carbonyl (C=O) groups excluding carboxylic acids is 1. The summed E-state index contributed by atoms with van der Waals surface area (Å²) >= 11 is 0. The molecular formula is C27H29N3O2. The summed E-state index contributed by atoms with van der Waals surface area (Å²) in [4.78, 5) is 12.5. The number of nitriles is 1. The minimum atomic E-state index is -0.341. The minimum Gasteiger partial charge on any atom is -0.494 e. The molecule has 5 nitrogen and oxygen atoms in total. The molecule has 0 aliphatic carbocycles. The van der Waals surface area contributed by atoms with Crippen molar-refractivity contribution in [3.8, 4) is 17.5 Å². The normalized spacial score (nSPS) is 11.1. The molecule has 0 fully saturated rings. The first kappa shape index (κ1) is 22.9. The van der Waals surface area contributed by atoms with E-state index in [9.17, 15) is 10.1 Å². The van der Waals surface area contributed by atoms with E-state index in [1.54, 1.807) is 6.08 Å². The van der Waals surface area contributed by atoms with Crippen LogP contribution >= 0.6 is 0 Å². The highest BCUT2D eigenvalue weighted by atomic mass is 16.5. The number of amides is 1. The van der Waals surface area contributed by atoms with Gasteiger partial charge in [0.15, 0.2) is 0 Å². The second-order valence-electron chi connectivity index (χ2n) is 7.60. The molecule has 3 aromatic rings. The summed E-state index contributed by atoms with van der Waals surface area (Å²) in [6.07, 6.45) is 3.37. The Labute approximate surface area is 190 Å². The fourth-order valence-electron chi connectivity index (χ4n) is 3.73. The average molecular weight is 428 g/mol. The van der Waals surface area contributed by atoms with Crippen LogP contribution < -0.4 is 10.1 Å². The van der Waals surface area contributed by atoms with Gasteiger partial charge >= 0.3 is 0 Å². The largest absolute Gasteiger partial charge is 0.494 e. The van der Waals surface area contributed by atoms with Crippen LogP contribution in [0.5, 0.6) is 5.75 Å². The topological polar surface area (TPSA) is 67.0 Å². The lowest BCUT2D eigenvalue weighted by molar-refractivity contribution is -0.117. The summed E-state index contributed by atoms with van der Waals surface area (Å²) in [6, 6.07) is 22.1. The van der Waals surface area contributed by atoms with Gasteiger partial charge in [0.2, 0.25) is 0 Å². The Hall–Kier alpha value is -3.78. The second-order valence-corrected chi connectivity index (χ2v) is 7.60. The zero-order valence-corrected chi connectivity index (χ0v) is 18.9. The zero-order valence-electron chi connectivity index (χ0n) is 18.9. The SMILES string of the molecule is CCOc1ccc(-n2c(C)cc(/C=C(/C#N)C(=O)NCCCc3ccccc3)c2C)cc1. The monoisotopic (exact) mass is 427 g/mol. The van der Waals surface area contributed by atoms with Gasteiger partial charge in [-0.25, -0.2) is 0 Å². The quantitative estimate of drug-likeness (QED) is 0.292. The molecule has 0 saturated heterocycles. The van der Waals surface area contributed by atoms with E-state index in [1.165, 1.54) is 5.56 Å². The van der Waals surface area contributed by atoms with Crippen molar-refractivity contribution in [3.05, 3.63) is 88.8 Å². The van der Waals surface area contributed by atoms with Crippen molar-refractivity contribution in [1.82, 2.24) is 9.88 Å². The van der Waals surface area contributed by atoms with Crippen LogP contribution in [0.1, 0.15) is 35.9 Å². The number of aromatic nitrogens is 1. The molecule has 32 heavy (non-hydrogen) atoms. The van der Waals surface area contributed by atoms with Gasteiger partial charge in [0.1, 0.15) is 17.4 Å². The molecule has 2 aromatic carbocycles. The van der Waals surface area contributed by atoms with Gasteiger partial charge in [0.25, 0.3) is 5.91 Å². The molecule has 0 spiro atoms. The maximum Gasteiger partial charge on any atom is 0.261 e. The third-order valence-electron chi connectivity index (χ3n) is 5.31. The summed E-state index contributed by atoms with van der Waals surface area (Å²) in [5.74, 6) is 0.487. The summed E-state index contributed by atoms with van der Waals surface area (Å²) in [7, 11) is 0. The highest BCUT2D eigenvalue weighted by Gasteiger charge is 2.13. The van der Waals surface area contributed by atoms with Crippen LogP contribution in [0.3, 0.4) is 0 Å². The second kappa shape index (κ2) is 11.0. The van der Waals surface area contributed by atoms with E-state index < -0.39 is 0 Å². The third-order valence-corrected chi connectivity index (χ3v) is 5.31. The maximum absolute atomic E-state index is 12.5. The lowest BCUT2D eigenvalue weighted by Crippen LogP contribution is -2.25. The molecule has 0 radical (unpaired) electrons. The Balaban J connectivity index is 1.69. The van der Waals surface area contributed by atoms with Gasteiger partial charge in [-0.2, -0.15) is 5.26 Å². The van der Waals surface area contributed by atoms with Gasteiger partial charge in [-0.1, -0.05) is 30.3 Å². The average Bonchev–Trinajstić information content (AvgIpc) is 3.09. The number of hydrogen-bond donors (Lipinski definition) is 1. The van der Waals surface area contributed by atoms with Gasteiger partial charge in [-0.05, 0) is 81.1 Å². The maximum atomic E-state index is 12.5. The molecule has 0 aliphatic heterocycles. The number of hydrogen-bond acceptors (Lipinski definition) is 3. The molecule has 0 unspecified atom stereocenters. The van der Waals surface area contributed by atoms with Gasteiger partial charge in [0.05, 0.1) is 6.61 Å². The number of rotatable bonds is 9. The van der Waals surface area contributed by atoms with Gasteiger partial charge < -0.3 is 14.6 Å². The van der Waals surface area contributed by atoms with Crippen LogP contribution in [0, 0.1) is 25.2 Å². The van der Waals surface area contributed by atoms with Crippen molar-refractivity contribution >= 4 is 12.0 Å². The Morgan fingerprint density at radius 1 is 1.12 bits per heavy atom. The van der Waals surface area contributed by atoms with Crippen molar-refractivity contribution in [1.29, 1.82) is 5.26 Å². The highest BCUT2D eigenvalue weighted by Crippen LogP contribution is 2.24. The van der Waals surface area contributed by atoms with Crippen molar-refractivity contribution in [2.24, 2.45) is 0 Å². The molecular weight excluding hydrogens is 398 g/mol. The van der Waals surface area contributed by atoms with Crippen molar-refractivity contribution < 1.29 is 9.53 Å². The predicted octanol–water partition coefficient (Wildman–Crippen LogP) is 5.15. The van der Waals surface area contributed by atoms with Crippen LogP contribution in [0.2, 0.25) is 0 Å². The van der Waals surface area contributed by atoms with E-state index >= 15 is 0 Å². The van der Waals surface area contributed by atoms with E-state index in [2.05, 4.69) is 22.0 Å². The molecule has 1 amide bonds. The van der Waals surface area contributed by atoms with Crippen molar-refractivity contribution in [2.45, 2.75) is 33.6 Å². The van der Waals surface area contributed by atoms with Gasteiger partial charge in [-0.15, -0.1) is 0 Å². The van der Waals surface area contributed by atoms with E-state index in [0.29, 0.717) is 13.2 Å². The van der Waals surface area contributed by atoms with Crippen LogP contribution in [-0.2, 0) is 11.2 Å². The molecule has 1 aromatic heterocycles. The molecule has 0 atom stereocenters. The summed E-state index contributed by atoms with van der Waals surface area (Å²) in [5.41, 5.74) is 5.20.